The number of nitrogens with two attached hydrogens (primary N) is 1. The SMILES string of the molecule is CCC(C)(C(=O)N(C)c1cccc(OC)c1)/C(N)=N/O. The molecule has 0 aliphatic heterocycles. The molecule has 20 heavy (non-hydrogen) atoms. The second-order valence-electron chi connectivity index (χ2n) is 4.74. The first kappa shape index (κ1) is 15.8. The minimum Gasteiger partial charge on any atom is -0.497 e. The van der Waals surface area contributed by atoms with Gasteiger partial charge in [0.2, 0.25) is 5.91 Å². The van der Waals surface area contributed by atoms with Gasteiger partial charge in [-0.05, 0) is 25.5 Å². The second kappa shape index (κ2) is 6.27. The van der Waals surface area contributed by atoms with E-state index in [1.165, 1.54) is 4.90 Å². The molecule has 0 spiro atoms. The number of anilines is 1. The highest BCUT2D eigenvalue weighted by Crippen LogP contribution is 2.28. The molecule has 0 radical (unpaired) electrons. The Bertz CT molecular complexity index is 516. The van der Waals surface area contributed by atoms with Gasteiger partial charge in [-0.3, -0.25) is 4.79 Å². The summed E-state index contributed by atoms with van der Waals surface area (Å²) in [5, 5.41) is 11.8. The van der Waals surface area contributed by atoms with Crippen molar-refractivity contribution >= 4 is 17.4 Å². The zero-order valence-corrected chi connectivity index (χ0v) is 12.3. The zero-order chi connectivity index (χ0) is 15.3. The molecule has 1 rings (SSSR count). The average Bonchev–Trinajstić information content (AvgIpc) is 2.51. The smallest absolute Gasteiger partial charge is 0.240 e. The van der Waals surface area contributed by atoms with Gasteiger partial charge in [0.1, 0.15) is 11.2 Å². The van der Waals surface area contributed by atoms with Crippen LogP contribution < -0.4 is 15.4 Å². The van der Waals surface area contributed by atoms with Crippen molar-refractivity contribution in [2.75, 3.05) is 19.1 Å². The zero-order valence-electron chi connectivity index (χ0n) is 12.3. The minimum absolute atomic E-state index is 0.0975. The molecule has 0 heterocycles. The number of rotatable bonds is 5. The minimum atomic E-state index is -1.05. The summed E-state index contributed by atoms with van der Waals surface area (Å²) in [6.07, 6.45) is 0.427. The molecule has 0 bridgehead atoms. The van der Waals surface area contributed by atoms with E-state index in [0.717, 1.165) is 0 Å². The van der Waals surface area contributed by atoms with Crippen LogP contribution in [-0.2, 0) is 4.79 Å². The third-order valence-electron chi connectivity index (χ3n) is 3.60. The molecular weight excluding hydrogens is 258 g/mol. The Kier molecular flexibility index (Phi) is 4.96. The first-order chi connectivity index (χ1) is 9.40. The van der Waals surface area contributed by atoms with Crippen molar-refractivity contribution in [3.05, 3.63) is 24.3 Å². The van der Waals surface area contributed by atoms with Crippen LogP contribution in [0.3, 0.4) is 0 Å². The quantitative estimate of drug-likeness (QED) is 0.372. The van der Waals surface area contributed by atoms with Gasteiger partial charge < -0.3 is 20.6 Å². The lowest BCUT2D eigenvalue weighted by Gasteiger charge is -2.30. The highest BCUT2D eigenvalue weighted by Gasteiger charge is 2.38. The third kappa shape index (κ3) is 2.84. The van der Waals surface area contributed by atoms with E-state index in [9.17, 15) is 4.79 Å². The summed E-state index contributed by atoms with van der Waals surface area (Å²) in [5.41, 5.74) is 5.29. The number of nitrogens with zero attached hydrogens (tertiary/aromatic N) is 2. The van der Waals surface area contributed by atoms with Crippen LogP contribution in [0.4, 0.5) is 5.69 Å². The number of carbonyl (C=O) groups is 1. The number of oxime groups is 1. The number of hydrogen-bond donors (Lipinski definition) is 2. The van der Waals surface area contributed by atoms with Crippen molar-refractivity contribution < 1.29 is 14.7 Å². The maximum absolute atomic E-state index is 12.6. The fourth-order valence-electron chi connectivity index (χ4n) is 1.86. The van der Waals surface area contributed by atoms with Gasteiger partial charge in [0, 0.05) is 18.8 Å². The van der Waals surface area contributed by atoms with E-state index < -0.39 is 5.41 Å². The fraction of sp³-hybridized carbons (Fsp3) is 0.429. The number of hydrogen-bond acceptors (Lipinski definition) is 4. The molecule has 0 aromatic heterocycles. The summed E-state index contributed by atoms with van der Waals surface area (Å²) in [4.78, 5) is 14.1. The average molecular weight is 279 g/mol. The van der Waals surface area contributed by atoms with Gasteiger partial charge in [-0.1, -0.05) is 18.1 Å². The Morgan fingerprint density at radius 2 is 2.20 bits per heavy atom. The number of amidine groups is 1. The van der Waals surface area contributed by atoms with Gasteiger partial charge in [0.05, 0.1) is 7.11 Å². The number of methoxy groups -OCH3 is 1. The van der Waals surface area contributed by atoms with Crippen LogP contribution in [0.5, 0.6) is 5.75 Å². The monoisotopic (exact) mass is 279 g/mol. The first-order valence-electron chi connectivity index (χ1n) is 6.31. The lowest BCUT2D eigenvalue weighted by atomic mass is 9.84. The molecule has 0 aliphatic carbocycles. The lowest BCUT2D eigenvalue weighted by Crippen LogP contribution is -2.48. The van der Waals surface area contributed by atoms with Gasteiger partial charge in [-0.25, -0.2) is 0 Å². The van der Waals surface area contributed by atoms with Crippen LogP contribution in [0.25, 0.3) is 0 Å². The Labute approximate surface area is 118 Å². The fourth-order valence-corrected chi connectivity index (χ4v) is 1.86. The van der Waals surface area contributed by atoms with E-state index in [0.29, 0.717) is 17.9 Å². The molecule has 110 valence electrons. The van der Waals surface area contributed by atoms with E-state index in [-0.39, 0.29) is 11.7 Å². The lowest BCUT2D eigenvalue weighted by molar-refractivity contribution is -0.124. The van der Waals surface area contributed by atoms with Gasteiger partial charge in [0.25, 0.3) is 0 Å². The summed E-state index contributed by atoms with van der Waals surface area (Å²) in [6.45, 7) is 3.47. The largest absolute Gasteiger partial charge is 0.497 e. The van der Waals surface area contributed by atoms with E-state index >= 15 is 0 Å². The van der Waals surface area contributed by atoms with Crippen LogP contribution >= 0.6 is 0 Å². The number of ether oxygens (including phenoxy) is 1. The van der Waals surface area contributed by atoms with Crippen LogP contribution in [0.15, 0.2) is 29.4 Å². The third-order valence-corrected chi connectivity index (χ3v) is 3.60. The van der Waals surface area contributed by atoms with Crippen molar-refractivity contribution in [2.24, 2.45) is 16.3 Å². The maximum atomic E-state index is 12.6. The predicted molar refractivity (Wildman–Crippen MR) is 78.2 cm³/mol. The van der Waals surface area contributed by atoms with E-state index in [2.05, 4.69) is 5.16 Å². The molecule has 1 atom stereocenters. The normalized spacial score (nSPS) is 14.5. The van der Waals surface area contributed by atoms with Gasteiger partial charge >= 0.3 is 0 Å². The molecule has 1 unspecified atom stereocenters. The van der Waals surface area contributed by atoms with E-state index in [4.69, 9.17) is 15.7 Å². The molecule has 0 saturated carbocycles. The molecule has 6 nitrogen and oxygen atoms in total. The number of amides is 1. The molecule has 0 saturated heterocycles. The van der Waals surface area contributed by atoms with E-state index in [1.807, 2.05) is 6.92 Å². The molecule has 1 aromatic carbocycles. The van der Waals surface area contributed by atoms with Crippen molar-refractivity contribution in [2.45, 2.75) is 20.3 Å². The second-order valence-corrected chi connectivity index (χ2v) is 4.74. The van der Waals surface area contributed by atoms with E-state index in [1.54, 1.807) is 45.3 Å². The van der Waals surface area contributed by atoms with Crippen molar-refractivity contribution in [1.29, 1.82) is 0 Å². The molecule has 1 aromatic rings. The number of benzene rings is 1. The molecule has 0 fully saturated rings. The highest BCUT2D eigenvalue weighted by atomic mass is 16.5. The summed E-state index contributed by atoms with van der Waals surface area (Å²) in [7, 11) is 3.21. The van der Waals surface area contributed by atoms with Gasteiger partial charge in [-0.15, -0.1) is 0 Å². The summed E-state index contributed by atoms with van der Waals surface area (Å²) < 4.78 is 5.14. The summed E-state index contributed by atoms with van der Waals surface area (Å²) in [5.74, 6) is 0.312. The topological polar surface area (TPSA) is 88.2 Å². The first-order valence-corrected chi connectivity index (χ1v) is 6.31. The van der Waals surface area contributed by atoms with Crippen LogP contribution in [-0.4, -0.2) is 31.1 Å². The Morgan fingerprint density at radius 1 is 1.55 bits per heavy atom. The van der Waals surface area contributed by atoms with Crippen molar-refractivity contribution in [3.63, 3.8) is 0 Å². The highest BCUT2D eigenvalue weighted by molar-refractivity contribution is 6.12. The van der Waals surface area contributed by atoms with Gasteiger partial charge in [-0.2, -0.15) is 0 Å². The van der Waals surface area contributed by atoms with Crippen LogP contribution in [0.1, 0.15) is 20.3 Å². The predicted octanol–water partition coefficient (Wildman–Crippen LogP) is 1.82. The van der Waals surface area contributed by atoms with Gasteiger partial charge in [0.15, 0.2) is 5.84 Å². The molecule has 0 aliphatic rings. The Balaban J connectivity index is 3.12. The molecule has 3 N–H and O–H groups in total. The van der Waals surface area contributed by atoms with Crippen LogP contribution in [0.2, 0.25) is 0 Å². The van der Waals surface area contributed by atoms with Crippen molar-refractivity contribution in [3.8, 4) is 5.75 Å². The van der Waals surface area contributed by atoms with Crippen molar-refractivity contribution in [1.82, 2.24) is 0 Å². The summed E-state index contributed by atoms with van der Waals surface area (Å²) >= 11 is 0. The standard InChI is InChI=1S/C14H21N3O3/c1-5-14(2,12(15)16-19)13(18)17(3)10-7-6-8-11(9-10)20-4/h6-9,19H,5H2,1-4H3,(H2,15,16). The van der Waals surface area contributed by atoms with Crippen LogP contribution in [0, 0.1) is 5.41 Å². The summed E-state index contributed by atoms with van der Waals surface area (Å²) in [6, 6.07) is 7.14. The molecular formula is C14H21N3O3. The Morgan fingerprint density at radius 3 is 2.70 bits per heavy atom. The molecule has 1 amide bonds. The maximum Gasteiger partial charge on any atom is 0.240 e. The Hall–Kier alpha value is -2.24. The number of carbonyl (C=O) groups excluding carboxylic acids is 1. The molecule has 6 heteroatoms.